The molecule has 8 heteroatoms. The van der Waals surface area contributed by atoms with Gasteiger partial charge in [0.05, 0.1) is 17.0 Å². The van der Waals surface area contributed by atoms with Crippen molar-refractivity contribution < 1.29 is 13.2 Å². The molecule has 1 amide bonds. The molecule has 0 saturated heterocycles. The fourth-order valence-corrected chi connectivity index (χ4v) is 3.95. The quantitative estimate of drug-likeness (QED) is 0.468. The van der Waals surface area contributed by atoms with Crippen LogP contribution in [0, 0.1) is 6.92 Å². The fraction of sp³-hybridized carbons (Fsp3) is 0.0833. The third-order valence-corrected chi connectivity index (χ3v) is 5.62. The Morgan fingerprint density at radius 2 is 1.62 bits per heavy atom. The van der Waals surface area contributed by atoms with Crippen LogP contribution in [0.15, 0.2) is 85.1 Å². The topological polar surface area (TPSA) is 107 Å². The molecule has 0 aliphatic carbocycles. The molecule has 162 valence electrons. The molecule has 0 unspecified atom stereocenters. The van der Waals surface area contributed by atoms with Gasteiger partial charge in [0.2, 0.25) is 10.0 Å². The third kappa shape index (κ3) is 5.11. The number of hydrogen-bond acceptors (Lipinski definition) is 4. The maximum absolute atomic E-state index is 13.1. The van der Waals surface area contributed by atoms with Crippen molar-refractivity contribution in [1.29, 1.82) is 0 Å². The number of amides is 1. The first kappa shape index (κ1) is 21.5. The molecule has 1 heterocycles. The number of sulfonamides is 1. The summed E-state index contributed by atoms with van der Waals surface area (Å²) in [6.45, 7) is 2.01. The van der Waals surface area contributed by atoms with Crippen LogP contribution in [0.5, 0.6) is 0 Å². The number of aryl methyl sites for hydroxylation is 1. The van der Waals surface area contributed by atoms with Crippen LogP contribution >= 0.6 is 0 Å². The van der Waals surface area contributed by atoms with Gasteiger partial charge in [-0.15, -0.1) is 0 Å². The first-order valence-electron chi connectivity index (χ1n) is 9.91. The highest BCUT2D eigenvalue weighted by molar-refractivity contribution is 7.88. The number of hydrogen-bond donors (Lipinski definition) is 2. The summed E-state index contributed by atoms with van der Waals surface area (Å²) in [5.74, 6) is -0.579. The second kappa shape index (κ2) is 8.78. The van der Waals surface area contributed by atoms with E-state index < -0.39 is 10.0 Å². The monoisotopic (exact) mass is 446 g/mol. The van der Waals surface area contributed by atoms with Crippen molar-refractivity contribution >= 4 is 21.6 Å². The minimum Gasteiger partial charge on any atom is -0.322 e. The van der Waals surface area contributed by atoms with Gasteiger partial charge in [-0.3, -0.25) is 4.79 Å². The minimum atomic E-state index is -3.62. The lowest BCUT2D eigenvalue weighted by molar-refractivity contribution is 0.102. The van der Waals surface area contributed by atoms with Crippen LogP contribution in [0.3, 0.4) is 0 Å². The van der Waals surface area contributed by atoms with E-state index in [0.717, 1.165) is 16.8 Å². The van der Waals surface area contributed by atoms with E-state index in [1.807, 2.05) is 61.5 Å². The lowest BCUT2D eigenvalue weighted by Gasteiger charge is -2.07. The van der Waals surface area contributed by atoms with E-state index in [1.165, 1.54) is 0 Å². The van der Waals surface area contributed by atoms with E-state index in [4.69, 9.17) is 5.14 Å². The van der Waals surface area contributed by atoms with E-state index in [2.05, 4.69) is 10.4 Å². The first-order chi connectivity index (χ1) is 15.3. The summed E-state index contributed by atoms with van der Waals surface area (Å²) in [4.78, 5) is 13.1. The Labute approximate surface area is 186 Å². The molecule has 3 N–H and O–H groups in total. The number of primary sulfonamides is 1. The maximum Gasteiger partial charge on any atom is 0.259 e. The molecule has 0 fully saturated rings. The Morgan fingerprint density at radius 3 is 2.25 bits per heavy atom. The van der Waals surface area contributed by atoms with Crippen LogP contribution in [0.2, 0.25) is 0 Å². The van der Waals surface area contributed by atoms with Crippen molar-refractivity contribution in [2.45, 2.75) is 12.7 Å². The summed E-state index contributed by atoms with van der Waals surface area (Å²) in [5, 5.41) is 12.6. The van der Waals surface area contributed by atoms with Gasteiger partial charge in [0.1, 0.15) is 5.69 Å². The zero-order valence-electron chi connectivity index (χ0n) is 17.4. The van der Waals surface area contributed by atoms with Gasteiger partial charge in [0, 0.05) is 17.4 Å². The van der Waals surface area contributed by atoms with Crippen LogP contribution in [0.25, 0.3) is 16.9 Å². The van der Waals surface area contributed by atoms with Crippen LogP contribution in [0.4, 0.5) is 5.69 Å². The molecule has 0 aliphatic heterocycles. The second-order valence-electron chi connectivity index (χ2n) is 7.50. The number of carbonyl (C=O) groups is 1. The predicted molar refractivity (Wildman–Crippen MR) is 125 cm³/mol. The molecule has 7 nitrogen and oxygen atoms in total. The normalized spacial score (nSPS) is 11.3. The molecule has 0 aliphatic rings. The third-order valence-electron chi connectivity index (χ3n) is 4.88. The van der Waals surface area contributed by atoms with Gasteiger partial charge >= 0.3 is 0 Å². The molecule has 32 heavy (non-hydrogen) atoms. The minimum absolute atomic E-state index is 0.261. The van der Waals surface area contributed by atoms with Gasteiger partial charge in [0.15, 0.2) is 0 Å². The summed E-state index contributed by atoms with van der Waals surface area (Å²) >= 11 is 0. The zero-order chi connectivity index (χ0) is 22.7. The Morgan fingerprint density at radius 1 is 0.969 bits per heavy atom. The maximum atomic E-state index is 13.1. The Balaban J connectivity index is 1.65. The van der Waals surface area contributed by atoms with Gasteiger partial charge in [-0.05, 0) is 36.8 Å². The molecular weight excluding hydrogens is 424 g/mol. The number of anilines is 1. The van der Waals surface area contributed by atoms with Crippen LogP contribution in [-0.4, -0.2) is 24.1 Å². The number of carbonyl (C=O) groups excluding carboxylic acids is 1. The number of nitrogens with zero attached hydrogens (tertiary/aromatic N) is 2. The van der Waals surface area contributed by atoms with Crippen molar-refractivity contribution in [1.82, 2.24) is 9.78 Å². The molecular formula is C24H22N4O3S. The van der Waals surface area contributed by atoms with Crippen molar-refractivity contribution in [3.63, 3.8) is 0 Å². The molecule has 0 atom stereocenters. The lowest BCUT2D eigenvalue weighted by atomic mass is 10.1. The molecule has 1 aromatic heterocycles. The smallest absolute Gasteiger partial charge is 0.259 e. The molecule has 0 radical (unpaired) electrons. The number of rotatable bonds is 6. The summed E-state index contributed by atoms with van der Waals surface area (Å²) in [5.41, 5.74) is 4.87. The Bertz CT molecular complexity index is 1340. The van der Waals surface area contributed by atoms with Crippen molar-refractivity contribution in [3.05, 3.63) is 102 Å². The Kier molecular flexibility index (Phi) is 5.89. The average Bonchev–Trinajstić information content (AvgIpc) is 3.21. The molecule has 3 aromatic carbocycles. The van der Waals surface area contributed by atoms with E-state index in [9.17, 15) is 13.2 Å². The van der Waals surface area contributed by atoms with E-state index in [0.29, 0.717) is 22.5 Å². The van der Waals surface area contributed by atoms with Crippen molar-refractivity contribution in [2.24, 2.45) is 5.14 Å². The zero-order valence-corrected chi connectivity index (χ0v) is 18.2. The number of nitrogens with one attached hydrogen (secondary N) is 1. The molecule has 0 saturated carbocycles. The van der Waals surface area contributed by atoms with E-state index in [-0.39, 0.29) is 11.7 Å². The van der Waals surface area contributed by atoms with Crippen LogP contribution < -0.4 is 10.5 Å². The summed E-state index contributed by atoms with van der Waals surface area (Å²) < 4.78 is 24.2. The first-order valence-corrected chi connectivity index (χ1v) is 11.6. The summed E-state index contributed by atoms with van der Waals surface area (Å²) in [7, 11) is -3.62. The second-order valence-corrected chi connectivity index (χ2v) is 9.11. The fourth-order valence-electron chi connectivity index (χ4n) is 3.29. The number of nitrogens with two attached hydrogens (primary N) is 1. The number of aromatic nitrogens is 2. The molecule has 4 rings (SSSR count). The SMILES string of the molecule is Cc1ccc(-n2cc(C(=O)Nc3ccc(CS(N)(=O)=O)cc3)c(-c3ccccc3)n2)cc1. The summed E-state index contributed by atoms with van der Waals surface area (Å²) in [6, 6.07) is 23.9. The molecule has 0 bridgehead atoms. The highest BCUT2D eigenvalue weighted by Gasteiger charge is 2.19. The molecule has 4 aromatic rings. The highest BCUT2D eigenvalue weighted by Crippen LogP contribution is 2.25. The lowest BCUT2D eigenvalue weighted by Crippen LogP contribution is -2.15. The average molecular weight is 447 g/mol. The van der Waals surface area contributed by atoms with Crippen molar-refractivity contribution in [3.8, 4) is 16.9 Å². The molecule has 0 spiro atoms. The van der Waals surface area contributed by atoms with Gasteiger partial charge in [-0.25, -0.2) is 18.2 Å². The predicted octanol–water partition coefficient (Wildman–Crippen LogP) is 3.89. The van der Waals surface area contributed by atoms with Crippen LogP contribution in [-0.2, 0) is 15.8 Å². The standard InChI is InChI=1S/C24H22N4O3S/c1-17-7-13-21(14-8-17)28-15-22(23(27-28)19-5-3-2-4-6-19)24(29)26-20-11-9-18(10-12-20)16-32(25,30)31/h2-15H,16H2,1H3,(H,26,29)(H2,25,30,31). The largest absolute Gasteiger partial charge is 0.322 e. The van der Waals surface area contributed by atoms with Gasteiger partial charge in [-0.2, -0.15) is 5.10 Å². The van der Waals surface area contributed by atoms with Crippen molar-refractivity contribution in [2.75, 3.05) is 5.32 Å². The van der Waals surface area contributed by atoms with Gasteiger partial charge < -0.3 is 5.32 Å². The Hall–Kier alpha value is -3.75. The van der Waals surface area contributed by atoms with Crippen LogP contribution in [0.1, 0.15) is 21.5 Å². The van der Waals surface area contributed by atoms with E-state index >= 15 is 0 Å². The summed E-state index contributed by atoms with van der Waals surface area (Å²) in [6.07, 6.45) is 1.71. The highest BCUT2D eigenvalue weighted by atomic mass is 32.2. The number of benzene rings is 3. The van der Waals surface area contributed by atoms with Gasteiger partial charge in [0.25, 0.3) is 5.91 Å². The van der Waals surface area contributed by atoms with E-state index in [1.54, 1.807) is 35.1 Å². The van der Waals surface area contributed by atoms with Gasteiger partial charge in [-0.1, -0.05) is 60.2 Å².